The van der Waals surface area contributed by atoms with Gasteiger partial charge in [0.15, 0.2) is 11.5 Å². The number of hydrogen-bond donors (Lipinski definition) is 1. The number of urea groups is 1. The lowest BCUT2D eigenvalue weighted by atomic mass is 9.76. The van der Waals surface area contributed by atoms with Gasteiger partial charge in [-0.1, -0.05) is 30.3 Å². The summed E-state index contributed by atoms with van der Waals surface area (Å²) in [5.74, 6) is 0.879. The van der Waals surface area contributed by atoms with Crippen molar-refractivity contribution in [3.63, 3.8) is 0 Å². The van der Waals surface area contributed by atoms with E-state index in [1.165, 1.54) is 0 Å². The van der Waals surface area contributed by atoms with Crippen LogP contribution in [0.4, 0.5) is 4.79 Å². The second kappa shape index (κ2) is 8.59. The Morgan fingerprint density at radius 3 is 2.74 bits per heavy atom. The molecule has 2 unspecified atom stereocenters. The summed E-state index contributed by atoms with van der Waals surface area (Å²) in [6, 6.07) is 13.0. The van der Waals surface area contributed by atoms with Crippen LogP contribution in [-0.4, -0.2) is 53.9 Å². The van der Waals surface area contributed by atoms with E-state index in [2.05, 4.69) is 5.32 Å². The van der Waals surface area contributed by atoms with E-state index in [1.54, 1.807) is 4.90 Å². The lowest BCUT2D eigenvalue weighted by molar-refractivity contribution is -0.140. The molecule has 1 aliphatic carbocycles. The Balaban J connectivity index is 1.22. The predicted molar refractivity (Wildman–Crippen MR) is 127 cm³/mol. The number of nitrogens with one attached hydrogen (secondary N) is 1. The van der Waals surface area contributed by atoms with Gasteiger partial charge in [0.25, 0.3) is 5.91 Å². The van der Waals surface area contributed by atoms with Crippen molar-refractivity contribution in [2.45, 2.75) is 50.1 Å². The standard InChI is InChI=1S/C27H29N3O5/c31-24(29-13-4-9-21(29)19-10-11-22-23(16-19)35-15-5-14-34-22)17-30-25(32)27(28-26(30)33)12-3-7-18-6-1-2-8-20(18)27/h1-2,6,8,10-11,16,21H,3-5,7,9,12-15,17H2,(H,28,33). The van der Waals surface area contributed by atoms with Gasteiger partial charge in [0.1, 0.15) is 12.1 Å². The molecular formula is C27H29N3O5. The van der Waals surface area contributed by atoms with Crippen molar-refractivity contribution in [3.8, 4) is 11.5 Å². The summed E-state index contributed by atoms with van der Waals surface area (Å²) in [6.45, 7) is 1.56. The maximum atomic E-state index is 13.6. The highest BCUT2D eigenvalue weighted by Gasteiger charge is 2.54. The Kier molecular flexibility index (Phi) is 5.39. The molecular weight excluding hydrogens is 446 g/mol. The Labute approximate surface area is 204 Å². The van der Waals surface area contributed by atoms with Gasteiger partial charge in [-0.2, -0.15) is 0 Å². The molecule has 2 saturated heterocycles. The molecule has 2 aromatic rings. The number of nitrogens with zero attached hydrogens (tertiary/aromatic N) is 2. The van der Waals surface area contributed by atoms with Crippen molar-refractivity contribution in [2.24, 2.45) is 0 Å². The van der Waals surface area contributed by atoms with Crippen LogP contribution < -0.4 is 14.8 Å². The van der Waals surface area contributed by atoms with Crippen LogP contribution in [0.5, 0.6) is 11.5 Å². The molecule has 8 nitrogen and oxygen atoms in total. The van der Waals surface area contributed by atoms with Crippen molar-refractivity contribution in [2.75, 3.05) is 26.3 Å². The second-order valence-corrected chi connectivity index (χ2v) is 9.74. The molecule has 0 radical (unpaired) electrons. The number of rotatable bonds is 3. The number of benzene rings is 2. The average molecular weight is 476 g/mol. The van der Waals surface area contributed by atoms with E-state index in [1.807, 2.05) is 42.5 Å². The highest BCUT2D eigenvalue weighted by atomic mass is 16.5. The molecule has 0 bridgehead atoms. The topological polar surface area (TPSA) is 88.2 Å². The molecule has 0 aromatic heterocycles. The van der Waals surface area contributed by atoms with Crippen LogP contribution in [0.2, 0.25) is 0 Å². The summed E-state index contributed by atoms with van der Waals surface area (Å²) in [6.07, 6.45) is 4.75. The summed E-state index contributed by atoms with van der Waals surface area (Å²) in [4.78, 5) is 42.9. The molecule has 1 spiro atoms. The van der Waals surface area contributed by atoms with E-state index in [-0.39, 0.29) is 24.4 Å². The number of carbonyl (C=O) groups excluding carboxylic acids is 3. The summed E-state index contributed by atoms with van der Waals surface area (Å²) in [5.41, 5.74) is 1.85. The van der Waals surface area contributed by atoms with Crippen molar-refractivity contribution in [1.82, 2.24) is 15.1 Å². The van der Waals surface area contributed by atoms with Crippen LogP contribution in [0.25, 0.3) is 0 Å². The summed E-state index contributed by atoms with van der Waals surface area (Å²) < 4.78 is 11.6. The molecule has 2 aromatic carbocycles. The monoisotopic (exact) mass is 475 g/mol. The number of ether oxygens (including phenoxy) is 2. The number of fused-ring (bicyclic) bond motifs is 3. The van der Waals surface area contributed by atoms with Gasteiger partial charge < -0.3 is 19.7 Å². The van der Waals surface area contributed by atoms with Gasteiger partial charge >= 0.3 is 6.03 Å². The number of amides is 4. The molecule has 2 atom stereocenters. The molecule has 1 N–H and O–H groups in total. The first-order valence-corrected chi connectivity index (χ1v) is 12.5. The maximum Gasteiger partial charge on any atom is 0.325 e. The van der Waals surface area contributed by atoms with Crippen LogP contribution in [0.15, 0.2) is 42.5 Å². The number of likely N-dealkylation sites (tertiary alicyclic amines) is 1. The quantitative estimate of drug-likeness (QED) is 0.689. The van der Waals surface area contributed by atoms with Gasteiger partial charge in [0.05, 0.1) is 19.3 Å². The third-order valence-electron chi connectivity index (χ3n) is 7.67. The Morgan fingerprint density at radius 1 is 1.03 bits per heavy atom. The Morgan fingerprint density at radius 2 is 1.86 bits per heavy atom. The molecule has 3 aliphatic heterocycles. The third-order valence-corrected chi connectivity index (χ3v) is 7.67. The van der Waals surface area contributed by atoms with E-state index >= 15 is 0 Å². The van der Waals surface area contributed by atoms with E-state index in [0.29, 0.717) is 31.9 Å². The minimum atomic E-state index is -1.06. The SMILES string of the molecule is O=C1NC2(CCCc3ccccc32)C(=O)N1CC(=O)N1CCCC1c1ccc2c(c1)OCCCO2. The zero-order chi connectivity index (χ0) is 24.0. The van der Waals surface area contributed by atoms with Gasteiger partial charge in [-0.05, 0) is 60.9 Å². The van der Waals surface area contributed by atoms with Gasteiger partial charge in [-0.15, -0.1) is 0 Å². The van der Waals surface area contributed by atoms with Crippen molar-refractivity contribution < 1.29 is 23.9 Å². The van der Waals surface area contributed by atoms with Gasteiger partial charge in [-0.3, -0.25) is 14.5 Å². The van der Waals surface area contributed by atoms with Crippen LogP contribution in [0.3, 0.4) is 0 Å². The first-order valence-electron chi connectivity index (χ1n) is 12.5. The van der Waals surface area contributed by atoms with Crippen LogP contribution >= 0.6 is 0 Å². The highest BCUT2D eigenvalue weighted by molar-refractivity contribution is 6.09. The molecule has 0 saturated carbocycles. The highest BCUT2D eigenvalue weighted by Crippen LogP contribution is 2.41. The molecule has 8 heteroatoms. The Bertz CT molecular complexity index is 1200. The fraction of sp³-hybridized carbons (Fsp3) is 0.444. The van der Waals surface area contributed by atoms with E-state index < -0.39 is 11.6 Å². The smallest absolute Gasteiger partial charge is 0.325 e. The molecule has 3 heterocycles. The van der Waals surface area contributed by atoms with E-state index in [9.17, 15) is 14.4 Å². The fourth-order valence-corrected chi connectivity index (χ4v) is 5.98. The largest absolute Gasteiger partial charge is 0.490 e. The van der Waals surface area contributed by atoms with Crippen molar-refractivity contribution in [3.05, 3.63) is 59.2 Å². The van der Waals surface area contributed by atoms with Gasteiger partial charge in [0.2, 0.25) is 5.91 Å². The maximum absolute atomic E-state index is 13.6. The average Bonchev–Trinajstić information content (AvgIpc) is 3.35. The number of imide groups is 1. The summed E-state index contributed by atoms with van der Waals surface area (Å²) >= 11 is 0. The van der Waals surface area contributed by atoms with Crippen molar-refractivity contribution in [1.29, 1.82) is 0 Å². The van der Waals surface area contributed by atoms with Crippen LogP contribution in [-0.2, 0) is 21.5 Å². The van der Waals surface area contributed by atoms with E-state index in [4.69, 9.17) is 9.47 Å². The minimum absolute atomic E-state index is 0.121. The predicted octanol–water partition coefficient (Wildman–Crippen LogP) is 3.30. The molecule has 4 aliphatic rings. The van der Waals surface area contributed by atoms with Crippen LogP contribution in [0.1, 0.15) is 54.8 Å². The normalized spacial score (nSPS) is 25.4. The molecule has 6 rings (SSSR count). The fourth-order valence-electron chi connectivity index (χ4n) is 5.98. The molecule has 4 amide bonds. The minimum Gasteiger partial charge on any atom is -0.490 e. The summed E-state index contributed by atoms with van der Waals surface area (Å²) in [7, 11) is 0. The van der Waals surface area contributed by atoms with Crippen LogP contribution in [0, 0.1) is 0 Å². The number of aryl methyl sites for hydroxylation is 1. The zero-order valence-corrected chi connectivity index (χ0v) is 19.6. The lowest BCUT2D eigenvalue weighted by Gasteiger charge is -2.33. The third kappa shape index (κ3) is 3.63. The van der Waals surface area contributed by atoms with Gasteiger partial charge in [0, 0.05) is 13.0 Å². The number of hydrogen-bond acceptors (Lipinski definition) is 5. The first-order chi connectivity index (χ1) is 17.1. The van der Waals surface area contributed by atoms with Crippen molar-refractivity contribution >= 4 is 17.8 Å². The van der Waals surface area contributed by atoms with Gasteiger partial charge in [-0.25, -0.2) is 4.79 Å². The Hall–Kier alpha value is -3.55. The second-order valence-electron chi connectivity index (χ2n) is 9.74. The number of carbonyl (C=O) groups is 3. The molecule has 2 fully saturated rings. The van der Waals surface area contributed by atoms with E-state index in [0.717, 1.165) is 59.4 Å². The lowest BCUT2D eigenvalue weighted by Crippen LogP contribution is -2.47. The zero-order valence-electron chi connectivity index (χ0n) is 19.6. The molecule has 35 heavy (non-hydrogen) atoms. The molecule has 182 valence electrons. The summed E-state index contributed by atoms with van der Waals surface area (Å²) in [5, 5.41) is 2.94. The first kappa shape index (κ1) is 21.9.